The standard InChI is InChI=1S/C23H21F3N6O/c1-13-3-5-16(20(30-13)21-27-7-2-8-28-21)22(33)32-12-14-9-17(18(32)10-14)31-19-6-4-15(11-29-19)23(24,25)26/h2-8,11,14,17-18H,9-10,12H2,1H3,(H,29,31)/t14-,17+,18-/m0/s1. The van der Waals surface area contributed by atoms with E-state index in [9.17, 15) is 18.0 Å². The van der Waals surface area contributed by atoms with Crippen molar-refractivity contribution in [2.45, 2.75) is 38.0 Å². The molecular formula is C23H21F3N6O. The summed E-state index contributed by atoms with van der Waals surface area (Å²) in [6.07, 6.45) is 1.27. The molecule has 3 aromatic rings. The third-order valence-corrected chi connectivity index (χ3v) is 6.21. The predicted octanol–water partition coefficient (Wildman–Crippen LogP) is 3.98. The van der Waals surface area contributed by atoms with Crippen LogP contribution >= 0.6 is 0 Å². The van der Waals surface area contributed by atoms with Crippen molar-refractivity contribution >= 4 is 11.7 Å². The highest BCUT2D eigenvalue weighted by molar-refractivity contribution is 5.99. The van der Waals surface area contributed by atoms with E-state index in [-0.39, 0.29) is 18.0 Å². The monoisotopic (exact) mass is 454 g/mol. The summed E-state index contributed by atoms with van der Waals surface area (Å²) in [5.74, 6) is 0.922. The molecule has 170 valence electrons. The van der Waals surface area contributed by atoms with Gasteiger partial charge in [0.15, 0.2) is 5.82 Å². The van der Waals surface area contributed by atoms with Crippen molar-refractivity contribution in [1.29, 1.82) is 0 Å². The molecule has 4 heterocycles. The molecule has 10 heteroatoms. The van der Waals surface area contributed by atoms with Crippen LogP contribution in [0.3, 0.4) is 0 Å². The molecule has 1 saturated heterocycles. The van der Waals surface area contributed by atoms with Gasteiger partial charge >= 0.3 is 6.18 Å². The predicted molar refractivity (Wildman–Crippen MR) is 114 cm³/mol. The van der Waals surface area contributed by atoms with Crippen LogP contribution in [0.1, 0.15) is 34.5 Å². The number of piperidine rings is 1. The Labute approximate surface area is 188 Å². The molecule has 7 nitrogen and oxygen atoms in total. The molecule has 2 fully saturated rings. The van der Waals surface area contributed by atoms with Gasteiger partial charge in [0.05, 0.1) is 17.2 Å². The molecule has 2 bridgehead atoms. The lowest BCUT2D eigenvalue weighted by Crippen LogP contribution is -2.48. The quantitative estimate of drug-likeness (QED) is 0.642. The average Bonchev–Trinajstić information content (AvgIpc) is 3.40. The Morgan fingerprint density at radius 2 is 1.88 bits per heavy atom. The lowest BCUT2D eigenvalue weighted by atomic mass is 10.0. The Bertz CT molecular complexity index is 1170. The first-order valence-electron chi connectivity index (χ1n) is 10.7. The van der Waals surface area contributed by atoms with Gasteiger partial charge in [-0.3, -0.25) is 4.79 Å². The van der Waals surface area contributed by atoms with Crippen LogP contribution in [0.5, 0.6) is 0 Å². The Morgan fingerprint density at radius 3 is 2.55 bits per heavy atom. The first-order chi connectivity index (χ1) is 15.8. The van der Waals surface area contributed by atoms with E-state index >= 15 is 0 Å². The molecule has 1 aliphatic heterocycles. The number of pyridine rings is 2. The third kappa shape index (κ3) is 4.12. The van der Waals surface area contributed by atoms with Crippen molar-refractivity contribution < 1.29 is 18.0 Å². The highest BCUT2D eigenvalue weighted by atomic mass is 19.4. The fraction of sp³-hybridized carbons (Fsp3) is 0.348. The number of anilines is 1. The van der Waals surface area contributed by atoms with E-state index in [2.05, 4.69) is 25.3 Å². The van der Waals surface area contributed by atoms with Gasteiger partial charge in [-0.05, 0) is 56.0 Å². The summed E-state index contributed by atoms with van der Waals surface area (Å²) in [7, 11) is 0. The van der Waals surface area contributed by atoms with Crippen LogP contribution < -0.4 is 5.32 Å². The second-order valence-corrected chi connectivity index (χ2v) is 8.46. The minimum absolute atomic E-state index is 0.0857. The second kappa shape index (κ2) is 8.09. The Morgan fingerprint density at radius 1 is 1.09 bits per heavy atom. The molecule has 1 amide bonds. The average molecular weight is 454 g/mol. The van der Waals surface area contributed by atoms with Crippen molar-refractivity contribution in [2.75, 3.05) is 11.9 Å². The molecule has 1 aliphatic carbocycles. The van der Waals surface area contributed by atoms with Crippen LogP contribution in [0.2, 0.25) is 0 Å². The van der Waals surface area contributed by atoms with Gasteiger partial charge in [0.25, 0.3) is 5.91 Å². The molecule has 5 rings (SSSR count). The van der Waals surface area contributed by atoms with Crippen LogP contribution in [0, 0.1) is 12.8 Å². The van der Waals surface area contributed by atoms with Gasteiger partial charge < -0.3 is 10.2 Å². The lowest BCUT2D eigenvalue weighted by Gasteiger charge is -2.34. The Hall–Kier alpha value is -3.56. The van der Waals surface area contributed by atoms with Gasteiger partial charge in [0.2, 0.25) is 0 Å². The number of alkyl halides is 3. The summed E-state index contributed by atoms with van der Waals surface area (Å²) in [6.45, 7) is 2.47. The maximum Gasteiger partial charge on any atom is 0.417 e. The summed E-state index contributed by atoms with van der Waals surface area (Å²) < 4.78 is 38.4. The maximum atomic E-state index is 13.6. The van der Waals surface area contributed by atoms with E-state index in [1.54, 1.807) is 30.6 Å². The molecule has 1 saturated carbocycles. The second-order valence-electron chi connectivity index (χ2n) is 8.46. The third-order valence-electron chi connectivity index (χ3n) is 6.21. The summed E-state index contributed by atoms with van der Waals surface area (Å²) in [4.78, 5) is 32.3. The summed E-state index contributed by atoms with van der Waals surface area (Å²) in [5, 5.41) is 3.23. The highest BCUT2D eigenvalue weighted by Gasteiger charge is 2.47. The zero-order chi connectivity index (χ0) is 23.2. The van der Waals surface area contributed by atoms with E-state index in [1.807, 2.05) is 11.8 Å². The van der Waals surface area contributed by atoms with E-state index in [0.717, 1.165) is 30.8 Å². The minimum Gasteiger partial charge on any atom is -0.365 e. The van der Waals surface area contributed by atoms with Crippen LogP contribution in [0.25, 0.3) is 11.5 Å². The molecule has 2 aliphatic rings. The molecule has 33 heavy (non-hydrogen) atoms. The largest absolute Gasteiger partial charge is 0.417 e. The minimum atomic E-state index is -4.43. The van der Waals surface area contributed by atoms with Crippen LogP contribution in [-0.2, 0) is 6.18 Å². The number of nitrogens with zero attached hydrogens (tertiary/aromatic N) is 5. The van der Waals surface area contributed by atoms with E-state index in [1.165, 1.54) is 6.07 Å². The molecular weight excluding hydrogens is 433 g/mol. The fourth-order valence-corrected chi connectivity index (χ4v) is 4.73. The highest BCUT2D eigenvalue weighted by Crippen LogP contribution is 2.40. The molecule has 0 spiro atoms. The van der Waals surface area contributed by atoms with Gasteiger partial charge in [-0.25, -0.2) is 19.9 Å². The van der Waals surface area contributed by atoms with Crippen LogP contribution in [-0.4, -0.2) is 49.4 Å². The lowest BCUT2D eigenvalue weighted by molar-refractivity contribution is -0.137. The normalized spacial score (nSPS) is 21.9. The summed E-state index contributed by atoms with van der Waals surface area (Å²) in [5.41, 5.74) is 0.841. The zero-order valence-corrected chi connectivity index (χ0v) is 17.8. The first kappa shape index (κ1) is 21.3. The Balaban J connectivity index is 1.37. The molecule has 1 N–H and O–H groups in total. The number of halogens is 3. The number of aryl methyl sites for hydroxylation is 1. The van der Waals surface area contributed by atoms with Gasteiger partial charge in [-0.2, -0.15) is 13.2 Å². The number of carbonyl (C=O) groups is 1. The van der Waals surface area contributed by atoms with Crippen LogP contribution in [0.4, 0.5) is 19.0 Å². The van der Waals surface area contributed by atoms with Crippen molar-refractivity contribution in [3.05, 3.63) is 65.7 Å². The Kier molecular flexibility index (Phi) is 5.22. The number of nitrogens with one attached hydrogen (secondary N) is 1. The number of rotatable bonds is 4. The maximum absolute atomic E-state index is 13.6. The smallest absolute Gasteiger partial charge is 0.365 e. The number of aromatic nitrogens is 4. The molecule has 3 atom stereocenters. The fourth-order valence-electron chi connectivity index (χ4n) is 4.73. The summed E-state index contributed by atoms with van der Waals surface area (Å²) >= 11 is 0. The van der Waals surface area contributed by atoms with Gasteiger partial charge in [-0.1, -0.05) is 0 Å². The number of fused-ring (bicyclic) bond motifs is 2. The number of carbonyl (C=O) groups excluding carboxylic acids is 1. The number of amides is 1. The molecule has 0 unspecified atom stereocenters. The summed E-state index contributed by atoms with van der Waals surface area (Å²) in [6, 6.07) is 7.40. The van der Waals surface area contributed by atoms with Gasteiger partial charge in [-0.15, -0.1) is 0 Å². The van der Waals surface area contributed by atoms with E-state index in [0.29, 0.717) is 35.4 Å². The number of hydrogen-bond donors (Lipinski definition) is 1. The van der Waals surface area contributed by atoms with Crippen molar-refractivity contribution in [2.24, 2.45) is 5.92 Å². The van der Waals surface area contributed by atoms with Gasteiger partial charge in [0.1, 0.15) is 11.5 Å². The topological polar surface area (TPSA) is 83.9 Å². The zero-order valence-electron chi connectivity index (χ0n) is 17.8. The molecule has 0 aromatic carbocycles. The molecule has 3 aromatic heterocycles. The van der Waals surface area contributed by atoms with E-state index < -0.39 is 11.7 Å². The number of hydrogen-bond acceptors (Lipinski definition) is 6. The SMILES string of the molecule is Cc1ccc(C(=O)N2C[C@H]3C[C@@H](Nc4ccc(C(F)(F)F)cn4)[C@@H]2C3)c(-c2ncccn2)n1. The van der Waals surface area contributed by atoms with Crippen molar-refractivity contribution in [3.8, 4) is 11.5 Å². The van der Waals surface area contributed by atoms with Crippen molar-refractivity contribution in [3.63, 3.8) is 0 Å². The van der Waals surface area contributed by atoms with Crippen LogP contribution in [0.15, 0.2) is 48.9 Å². The first-order valence-corrected chi connectivity index (χ1v) is 10.7. The molecule has 0 radical (unpaired) electrons. The van der Waals surface area contributed by atoms with Gasteiger partial charge in [0, 0.05) is 36.9 Å². The van der Waals surface area contributed by atoms with Crippen molar-refractivity contribution in [1.82, 2.24) is 24.8 Å². The van der Waals surface area contributed by atoms with E-state index in [4.69, 9.17) is 0 Å². The number of likely N-dealkylation sites (tertiary alicyclic amines) is 1.